The minimum Gasteiger partial charge on any atom is -0.509 e. The van der Waals surface area contributed by atoms with Gasteiger partial charge in [-0.3, -0.25) is 4.79 Å². The predicted octanol–water partition coefficient (Wildman–Crippen LogP) is 3.53. The number of ketones is 1. The van der Waals surface area contributed by atoms with Crippen molar-refractivity contribution >= 4 is 11.8 Å². The van der Waals surface area contributed by atoms with E-state index in [1.807, 2.05) is 28.8 Å². The van der Waals surface area contributed by atoms with Crippen LogP contribution in [0.25, 0.3) is 11.3 Å². The van der Waals surface area contributed by atoms with Gasteiger partial charge in [0.25, 0.3) is 0 Å². The van der Waals surface area contributed by atoms with Crippen molar-refractivity contribution in [3.8, 4) is 17.0 Å². The standard InChI is InChI=1S/C20H19NO5/c1-26-13-6-4-5-12(11-13)14-7-8-15-17(22)16(19(24)25)18(23)20(21(14)15)9-2-3-10-20/h4-8,11,23H,2-3,9-10H2,1H3,(H,24,25). The topological polar surface area (TPSA) is 88.8 Å². The molecule has 26 heavy (non-hydrogen) atoms. The molecule has 134 valence electrons. The number of aromatic nitrogens is 1. The van der Waals surface area contributed by atoms with Gasteiger partial charge in [-0.2, -0.15) is 0 Å². The third-order valence-corrected chi connectivity index (χ3v) is 5.46. The van der Waals surface area contributed by atoms with Crippen LogP contribution in [0.3, 0.4) is 0 Å². The third kappa shape index (κ3) is 2.11. The highest BCUT2D eigenvalue weighted by molar-refractivity contribution is 6.24. The number of nitrogens with zero attached hydrogens (tertiary/aromatic N) is 1. The summed E-state index contributed by atoms with van der Waals surface area (Å²) in [5.41, 5.74) is 0.541. The third-order valence-electron chi connectivity index (χ3n) is 5.46. The van der Waals surface area contributed by atoms with Gasteiger partial charge in [-0.1, -0.05) is 25.0 Å². The number of carboxylic acid groups (broad SMARTS) is 1. The van der Waals surface area contributed by atoms with Crippen molar-refractivity contribution in [2.24, 2.45) is 0 Å². The lowest BCUT2D eigenvalue weighted by molar-refractivity contribution is -0.132. The van der Waals surface area contributed by atoms with E-state index in [0.717, 1.165) is 24.1 Å². The molecular formula is C20H19NO5. The van der Waals surface area contributed by atoms with E-state index < -0.39 is 22.9 Å². The summed E-state index contributed by atoms with van der Waals surface area (Å²) >= 11 is 0. The smallest absolute Gasteiger partial charge is 0.343 e. The number of carbonyl (C=O) groups excluding carboxylic acids is 1. The second-order valence-corrected chi connectivity index (χ2v) is 6.77. The zero-order valence-corrected chi connectivity index (χ0v) is 14.4. The van der Waals surface area contributed by atoms with Crippen LogP contribution in [0.1, 0.15) is 36.2 Å². The van der Waals surface area contributed by atoms with Crippen LogP contribution >= 0.6 is 0 Å². The fourth-order valence-corrected chi connectivity index (χ4v) is 4.28. The molecule has 0 bridgehead atoms. The Kier molecular flexibility index (Phi) is 3.64. The van der Waals surface area contributed by atoms with Gasteiger partial charge in [0.1, 0.15) is 22.6 Å². The first kappa shape index (κ1) is 16.4. The Morgan fingerprint density at radius 1 is 1.15 bits per heavy atom. The minimum atomic E-state index is -1.38. The number of carboxylic acids is 1. The molecule has 2 N–H and O–H groups in total. The molecule has 1 aromatic carbocycles. The van der Waals surface area contributed by atoms with Crippen molar-refractivity contribution in [2.45, 2.75) is 31.2 Å². The molecule has 2 aliphatic rings. The number of benzene rings is 1. The van der Waals surface area contributed by atoms with E-state index in [9.17, 15) is 19.8 Å². The maximum Gasteiger partial charge on any atom is 0.343 e. The van der Waals surface area contributed by atoms with Crippen molar-refractivity contribution in [1.82, 2.24) is 4.57 Å². The molecule has 2 heterocycles. The molecule has 0 radical (unpaired) electrons. The molecule has 2 aromatic rings. The summed E-state index contributed by atoms with van der Waals surface area (Å²) in [5, 5.41) is 20.3. The van der Waals surface area contributed by atoms with Crippen LogP contribution in [-0.4, -0.2) is 33.6 Å². The van der Waals surface area contributed by atoms with Gasteiger partial charge in [-0.25, -0.2) is 4.79 Å². The van der Waals surface area contributed by atoms with Crippen molar-refractivity contribution in [1.29, 1.82) is 0 Å². The van der Waals surface area contributed by atoms with Crippen LogP contribution in [0.4, 0.5) is 0 Å². The van der Waals surface area contributed by atoms with Crippen LogP contribution in [0.15, 0.2) is 47.7 Å². The highest BCUT2D eigenvalue weighted by atomic mass is 16.5. The fraction of sp³-hybridized carbons (Fsp3) is 0.300. The maximum atomic E-state index is 12.7. The number of ether oxygens (including phenoxy) is 1. The lowest BCUT2D eigenvalue weighted by Gasteiger charge is -2.37. The number of rotatable bonds is 3. The van der Waals surface area contributed by atoms with E-state index in [-0.39, 0.29) is 5.76 Å². The number of carbonyl (C=O) groups is 2. The van der Waals surface area contributed by atoms with Crippen LogP contribution in [0, 0.1) is 0 Å². The second-order valence-electron chi connectivity index (χ2n) is 6.77. The molecule has 1 aliphatic carbocycles. The number of Topliss-reactive ketones (excluding diaryl/α,β-unsaturated/α-hetero) is 1. The fourth-order valence-electron chi connectivity index (χ4n) is 4.28. The molecule has 4 rings (SSSR count). The lowest BCUT2D eigenvalue weighted by atomic mass is 9.85. The molecular weight excluding hydrogens is 334 g/mol. The molecule has 1 fully saturated rings. The maximum absolute atomic E-state index is 12.7. The second kappa shape index (κ2) is 5.76. The van der Waals surface area contributed by atoms with Gasteiger partial charge in [0.15, 0.2) is 0 Å². The summed E-state index contributed by atoms with van der Waals surface area (Å²) in [6.07, 6.45) is 2.92. The van der Waals surface area contributed by atoms with Crippen molar-refractivity contribution in [2.75, 3.05) is 7.11 Å². The van der Waals surface area contributed by atoms with Gasteiger partial charge >= 0.3 is 5.97 Å². The molecule has 1 spiro atoms. The molecule has 1 saturated carbocycles. The van der Waals surface area contributed by atoms with E-state index in [0.29, 0.717) is 24.3 Å². The first-order valence-corrected chi connectivity index (χ1v) is 8.58. The van der Waals surface area contributed by atoms with Crippen LogP contribution < -0.4 is 4.74 Å². The molecule has 1 aromatic heterocycles. The minimum absolute atomic E-state index is 0.305. The Labute approximate surface area is 150 Å². The highest BCUT2D eigenvalue weighted by Crippen LogP contribution is 2.49. The predicted molar refractivity (Wildman–Crippen MR) is 94.5 cm³/mol. The summed E-state index contributed by atoms with van der Waals surface area (Å²) in [7, 11) is 1.59. The molecule has 6 nitrogen and oxygen atoms in total. The number of hydrogen-bond donors (Lipinski definition) is 2. The molecule has 0 amide bonds. The first-order chi connectivity index (χ1) is 12.5. The Morgan fingerprint density at radius 2 is 1.85 bits per heavy atom. The number of aliphatic carboxylic acids is 1. The van der Waals surface area contributed by atoms with Gasteiger partial charge in [-0.05, 0) is 37.1 Å². The molecule has 6 heteroatoms. The lowest BCUT2D eigenvalue weighted by Crippen LogP contribution is -2.42. The summed E-state index contributed by atoms with van der Waals surface area (Å²) in [6, 6.07) is 10.9. The van der Waals surface area contributed by atoms with E-state index in [4.69, 9.17) is 4.74 Å². The van der Waals surface area contributed by atoms with E-state index in [2.05, 4.69) is 0 Å². The number of aliphatic hydroxyl groups is 1. The SMILES string of the molecule is COc1cccc(-c2ccc3n2C2(CCCC2)C(O)=C(C(=O)O)C3=O)c1. The van der Waals surface area contributed by atoms with Gasteiger partial charge in [0, 0.05) is 11.3 Å². The van der Waals surface area contributed by atoms with Crippen molar-refractivity contribution < 1.29 is 24.5 Å². The Hall–Kier alpha value is -3.02. The average molecular weight is 353 g/mol. The number of fused-ring (bicyclic) bond motifs is 2. The highest BCUT2D eigenvalue weighted by Gasteiger charge is 2.50. The molecule has 1 aliphatic heterocycles. The summed E-state index contributed by atoms with van der Waals surface area (Å²) < 4.78 is 7.12. The first-order valence-electron chi connectivity index (χ1n) is 8.58. The zero-order chi connectivity index (χ0) is 18.5. The van der Waals surface area contributed by atoms with Gasteiger partial charge in [0.2, 0.25) is 5.78 Å². The van der Waals surface area contributed by atoms with Gasteiger partial charge in [-0.15, -0.1) is 0 Å². The van der Waals surface area contributed by atoms with Crippen molar-refractivity contribution in [3.05, 3.63) is 53.4 Å². The van der Waals surface area contributed by atoms with E-state index in [1.165, 1.54) is 0 Å². The largest absolute Gasteiger partial charge is 0.509 e. The molecule has 0 unspecified atom stereocenters. The monoisotopic (exact) mass is 353 g/mol. The molecule has 0 atom stereocenters. The Balaban J connectivity index is 1.99. The number of allylic oxidation sites excluding steroid dienone is 1. The zero-order valence-electron chi connectivity index (χ0n) is 14.4. The Morgan fingerprint density at radius 3 is 2.50 bits per heavy atom. The van der Waals surface area contributed by atoms with Crippen LogP contribution in [0.5, 0.6) is 5.75 Å². The normalized spacial score (nSPS) is 18.3. The molecule has 0 saturated heterocycles. The number of methoxy groups -OCH3 is 1. The summed E-state index contributed by atoms with van der Waals surface area (Å²) in [6.45, 7) is 0. The van der Waals surface area contributed by atoms with Crippen LogP contribution in [0.2, 0.25) is 0 Å². The van der Waals surface area contributed by atoms with Crippen LogP contribution in [-0.2, 0) is 10.3 Å². The van der Waals surface area contributed by atoms with E-state index in [1.54, 1.807) is 19.2 Å². The van der Waals surface area contributed by atoms with Gasteiger partial charge in [0.05, 0.1) is 12.8 Å². The number of aliphatic hydroxyl groups excluding tert-OH is 1. The summed E-state index contributed by atoms with van der Waals surface area (Å²) in [4.78, 5) is 24.4. The van der Waals surface area contributed by atoms with Crippen molar-refractivity contribution in [3.63, 3.8) is 0 Å². The average Bonchev–Trinajstić information content (AvgIpc) is 3.28. The van der Waals surface area contributed by atoms with E-state index >= 15 is 0 Å². The Bertz CT molecular complexity index is 947. The van der Waals surface area contributed by atoms with Gasteiger partial charge < -0.3 is 19.5 Å². The quantitative estimate of drug-likeness (QED) is 0.824. The summed E-state index contributed by atoms with van der Waals surface area (Å²) in [5.74, 6) is -1.66. The number of hydrogen-bond acceptors (Lipinski definition) is 4.